The standard InChI is InChI=1S/C15H19NO3/c1-3-10-4-5-11(19-16)8-12(10)15-13(17)6-9(2)7-14(15)18/h4-5,8-9,15H,3,6-7,16H2,1-2H3. The summed E-state index contributed by atoms with van der Waals surface area (Å²) < 4.78 is 0. The van der Waals surface area contributed by atoms with Crippen molar-refractivity contribution in [1.29, 1.82) is 0 Å². The van der Waals surface area contributed by atoms with E-state index in [4.69, 9.17) is 10.7 Å². The zero-order valence-electron chi connectivity index (χ0n) is 11.3. The van der Waals surface area contributed by atoms with E-state index in [1.807, 2.05) is 19.9 Å². The van der Waals surface area contributed by atoms with Crippen molar-refractivity contribution >= 4 is 11.6 Å². The third-order valence-electron chi connectivity index (χ3n) is 3.69. The Morgan fingerprint density at radius 1 is 1.26 bits per heavy atom. The molecule has 102 valence electrons. The first-order valence-corrected chi connectivity index (χ1v) is 6.61. The number of carbonyl (C=O) groups excluding carboxylic acids is 2. The Morgan fingerprint density at radius 2 is 1.89 bits per heavy atom. The molecule has 2 N–H and O–H groups in total. The summed E-state index contributed by atoms with van der Waals surface area (Å²) in [4.78, 5) is 29.1. The molecule has 1 aliphatic rings. The fourth-order valence-electron chi connectivity index (χ4n) is 2.76. The molecule has 0 bridgehead atoms. The second-order valence-corrected chi connectivity index (χ2v) is 5.21. The third-order valence-corrected chi connectivity index (χ3v) is 3.69. The number of nitrogens with two attached hydrogens (primary N) is 1. The van der Waals surface area contributed by atoms with Gasteiger partial charge in [0.15, 0.2) is 0 Å². The van der Waals surface area contributed by atoms with E-state index in [0.29, 0.717) is 18.6 Å². The summed E-state index contributed by atoms with van der Waals surface area (Å²) in [5.74, 6) is 5.16. The highest BCUT2D eigenvalue weighted by atomic mass is 16.6. The quantitative estimate of drug-likeness (QED) is 0.668. The van der Waals surface area contributed by atoms with Gasteiger partial charge in [-0.05, 0) is 35.6 Å². The van der Waals surface area contributed by atoms with Crippen LogP contribution in [0.25, 0.3) is 0 Å². The summed E-state index contributed by atoms with van der Waals surface area (Å²) in [5, 5.41) is 0. The largest absolute Gasteiger partial charge is 0.412 e. The zero-order chi connectivity index (χ0) is 14.0. The Labute approximate surface area is 112 Å². The van der Waals surface area contributed by atoms with Gasteiger partial charge in [-0.3, -0.25) is 9.59 Å². The number of Topliss-reactive ketones (excluding diaryl/α,β-unsaturated/α-hetero) is 2. The van der Waals surface area contributed by atoms with Crippen molar-refractivity contribution in [1.82, 2.24) is 0 Å². The predicted octanol–water partition coefficient (Wildman–Crippen LogP) is 2.15. The van der Waals surface area contributed by atoms with E-state index < -0.39 is 5.92 Å². The molecule has 0 unspecified atom stereocenters. The minimum Gasteiger partial charge on any atom is -0.412 e. The van der Waals surface area contributed by atoms with Gasteiger partial charge in [0.05, 0.1) is 0 Å². The van der Waals surface area contributed by atoms with Crippen LogP contribution in [0.1, 0.15) is 43.7 Å². The van der Waals surface area contributed by atoms with Gasteiger partial charge >= 0.3 is 0 Å². The lowest BCUT2D eigenvalue weighted by Gasteiger charge is -2.25. The Hall–Kier alpha value is -1.68. The molecule has 2 rings (SSSR count). The summed E-state index contributed by atoms with van der Waals surface area (Å²) in [6.07, 6.45) is 1.70. The topological polar surface area (TPSA) is 69.4 Å². The Balaban J connectivity index is 2.44. The molecule has 0 saturated heterocycles. The van der Waals surface area contributed by atoms with E-state index in [-0.39, 0.29) is 17.5 Å². The SMILES string of the molecule is CCc1ccc(ON)cc1C1C(=O)CC(C)CC1=O. The molecule has 4 heteroatoms. The Morgan fingerprint density at radius 3 is 2.42 bits per heavy atom. The normalized spacial score (nSPS) is 23.5. The highest BCUT2D eigenvalue weighted by Gasteiger charge is 2.35. The minimum atomic E-state index is -0.638. The van der Waals surface area contributed by atoms with Crippen LogP contribution in [-0.2, 0) is 16.0 Å². The fourth-order valence-corrected chi connectivity index (χ4v) is 2.76. The van der Waals surface area contributed by atoms with Crippen molar-refractivity contribution in [3.05, 3.63) is 29.3 Å². The van der Waals surface area contributed by atoms with Gasteiger partial charge in [-0.15, -0.1) is 0 Å². The average Bonchev–Trinajstić information content (AvgIpc) is 2.37. The maximum Gasteiger partial charge on any atom is 0.148 e. The van der Waals surface area contributed by atoms with Crippen LogP contribution in [0.2, 0.25) is 0 Å². The van der Waals surface area contributed by atoms with Gasteiger partial charge in [0.2, 0.25) is 0 Å². The van der Waals surface area contributed by atoms with Gasteiger partial charge in [0.25, 0.3) is 0 Å². The highest BCUT2D eigenvalue weighted by molar-refractivity contribution is 6.09. The molecule has 0 spiro atoms. The maximum absolute atomic E-state index is 12.2. The van der Waals surface area contributed by atoms with Crippen LogP contribution in [-0.4, -0.2) is 11.6 Å². The number of carbonyl (C=O) groups is 2. The summed E-state index contributed by atoms with van der Waals surface area (Å²) >= 11 is 0. The van der Waals surface area contributed by atoms with Crippen molar-refractivity contribution in [2.45, 2.75) is 39.0 Å². The first-order valence-electron chi connectivity index (χ1n) is 6.61. The van der Waals surface area contributed by atoms with Crippen LogP contribution < -0.4 is 10.7 Å². The summed E-state index contributed by atoms with van der Waals surface area (Å²) in [7, 11) is 0. The molecule has 0 radical (unpaired) electrons. The predicted molar refractivity (Wildman–Crippen MR) is 71.8 cm³/mol. The van der Waals surface area contributed by atoms with E-state index in [1.165, 1.54) is 0 Å². The average molecular weight is 261 g/mol. The minimum absolute atomic E-state index is 0.00706. The zero-order valence-corrected chi connectivity index (χ0v) is 11.3. The number of ketones is 2. The molecule has 1 saturated carbocycles. The van der Waals surface area contributed by atoms with Crippen molar-refractivity contribution in [3.8, 4) is 5.75 Å². The van der Waals surface area contributed by atoms with E-state index in [0.717, 1.165) is 17.5 Å². The van der Waals surface area contributed by atoms with Crippen LogP contribution in [0.3, 0.4) is 0 Å². The number of benzene rings is 1. The molecule has 0 amide bonds. The lowest BCUT2D eigenvalue weighted by Crippen LogP contribution is -2.31. The molecule has 0 atom stereocenters. The number of rotatable bonds is 3. The molecule has 1 aromatic rings. The van der Waals surface area contributed by atoms with Gasteiger partial charge in [-0.25, -0.2) is 0 Å². The van der Waals surface area contributed by atoms with E-state index >= 15 is 0 Å². The second-order valence-electron chi connectivity index (χ2n) is 5.21. The summed E-state index contributed by atoms with van der Waals surface area (Å²) in [6.45, 7) is 3.94. The molecule has 19 heavy (non-hydrogen) atoms. The number of hydrogen-bond donors (Lipinski definition) is 1. The molecule has 0 aliphatic heterocycles. The molecule has 1 fully saturated rings. The Bertz CT molecular complexity index is 492. The van der Waals surface area contributed by atoms with Crippen LogP contribution in [0, 0.1) is 5.92 Å². The second kappa shape index (κ2) is 5.53. The van der Waals surface area contributed by atoms with E-state index in [1.54, 1.807) is 12.1 Å². The highest BCUT2D eigenvalue weighted by Crippen LogP contribution is 2.34. The van der Waals surface area contributed by atoms with E-state index in [2.05, 4.69) is 0 Å². The summed E-state index contributed by atoms with van der Waals surface area (Å²) in [6, 6.07) is 5.34. The first-order chi connectivity index (χ1) is 9.06. The monoisotopic (exact) mass is 261 g/mol. The molecule has 1 aromatic carbocycles. The van der Waals surface area contributed by atoms with Gasteiger partial charge in [-0.1, -0.05) is 19.9 Å². The molecule has 1 aliphatic carbocycles. The van der Waals surface area contributed by atoms with Gasteiger partial charge < -0.3 is 4.84 Å². The van der Waals surface area contributed by atoms with Gasteiger partial charge in [-0.2, -0.15) is 5.90 Å². The van der Waals surface area contributed by atoms with Crippen molar-refractivity contribution in [2.75, 3.05) is 0 Å². The number of aryl methyl sites for hydroxylation is 1. The van der Waals surface area contributed by atoms with Gasteiger partial charge in [0, 0.05) is 12.8 Å². The molecular weight excluding hydrogens is 242 g/mol. The molecule has 0 aromatic heterocycles. The van der Waals surface area contributed by atoms with Crippen molar-refractivity contribution < 1.29 is 14.4 Å². The van der Waals surface area contributed by atoms with E-state index in [9.17, 15) is 9.59 Å². The molecule has 0 heterocycles. The van der Waals surface area contributed by atoms with Crippen LogP contribution in [0.4, 0.5) is 0 Å². The fraction of sp³-hybridized carbons (Fsp3) is 0.467. The first kappa shape index (κ1) is 13.7. The van der Waals surface area contributed by atoms with Gasteiger partial charge in [0.1, 0.15) is 23.2 Å². The molecule has 4 nitrogen and oxygen atoms in total. The lowest BCUT2D eigenvalue weighted by atomic mass is 9.76. The molecular formula is C15H19NO3. The lowest BCUT2D eigenvalue weighted by molar-refractivity contribution is -0.133. The number of hydrogen-bond acceptors (Lipinski definition) is 4. The summed E-state index contributed by atoms with van der Waals surface area (Å²) in [5.41, 5.74) is 1.76. The van der Waals surface area contributed by atoms with Crippen LogP contribution in [0.15, 0.2) is 18.2 Å². The van der Waals surface area contributed by atoms with Crippen LogP contribution >= 0.6 is 0 Å². The van der Waals surface area contributed by atoms with Crippen molar-refractivity contribution in [2.24, 2.45) is 11.8 Å². The Kier molecular flexibility index (Phi) is 4.00. The van der Waals surface area contributed by atoms with Crippen molar-refractivity contribution in [3.63, 3.8) is 0 Å². The van der Waals surface area contributed by atoms with Crippen LogP contribution in [0.5, 0.6) is 5.75 Å². The maximum atomic E-state index is 12.2. The third kappa shape index (κ3) is 2.68. The smallest absolute Gasteiger partial charge is 0.148 e.